The van der Waals surface area contributed by atoms with Gasteiger partial charge < -0.3 is 0 Å². The van der Waals surface area contributed by atoms with Crippen molar-refractivity contribution in [3.05, 3.63) is 54.1 Å². The van der Waals surface area contributed by atoms with Crippen LogP contribution in [0.3, 0.4) is 0 Å². The van der Waals surface area contributed by atoms with Gasteiger partial charge in [-0.05, 0) is 29.0 Å². The Balaban J connectivity index is 2.41. The van der Waals surface area contributed by atoms with E-state index in [0.29, 0.717) is 5.92 Å². The van der Waals surface area contributed by atoms with Crippen LogP contribution < -0.4 is 0 Å². The maximum Gasteiger partial charge on any atom is -0.00101 e. The minimum absolute atomic E-state index is 0.476. The summed E-state index contributed by atoms with van der Waals surface area (Å²) in [5, 5.41) is 0. The Hall–Kier alpha value is -1.30. The van der Waals surface area contributed by atoms with E-state index < -0.39 is 0 Å². The molecule has 0 aliphatic heterocycles. The second-order valence-electron chi connectivity index (χ2n) is 3.55. The van der Waals surface area contributed by atoms with E-state index in [9.17, 15) is 0 Å². The largest absolute Gasteiger partial charge is 0.102 e. The van der Waals surface area contributed by atoms with Crippen molar-refractivity contribution >= 4 is 5.57 Å². The summed E-state index contributed by atoms with van der Waals surface area (Å²) in [5.41, 5.74) is 4.30. The summed E-state index contributed by atoms with van der Waals surface area (Å²) in [7, 11) is 0. The third-order valence-electron chi connectivity index (χ3n) is 2.71. The minimum atomic E-state index is 0.476. The molecule has 1 aromatic carbocycles. The lowest BCUT2D eigenvalue weighted by Crippen LogP contribution is -1.92. The van der Waals surface area contributed by atoms with Crippen molar-refractivity contribution in [3.8, 4) is 0 Å². The molecule has 0 saturated heterocycles. The molecule has 0 aromatic heterocycles. The van der Waals surface area contributed by atoms with Crippen LogP contribution in [0.1, 0.15) is 18.1 Å². The fourth-order valence-electron chi connectivity index (χ4n) is 1.87. The van der Waals surface area contributed by atoms with E-state index in [1.54, 1.807) is 0 Å². The summed E-state index contributed by atoms with van der Waals surface area (Å²) in [5.74, 6) is 0.476. The third-order valence-corrected chi connectivity index (χ3v) is 2.71. The number of rotatable bonds is 2. The van der Waals surface area contributed by atoms with Gasteiger partial charge in [0.2, 0.25) is 0 Å². The molecular weight excluding hydrogens is 156 g/mol. The van der Waals surface area contributed by atoms with Gasteiger partial charge in [0.1, 0.15) is 0 Å². The van der Waals surface area contributed by atoms with Crippen molar-refractivity contribution in [2.24, 2.45) is 5.92 Å². The van der Waals surface area contributed by atoms with Gasteiger partial charge in [0.25, 0.3) is 0 Å². The van der Waals surface area contributed by atoms with Crippen molar-refractivity contribution in [3.63, 3.8) is 0 Å². The van der Waals surface area contributed by atoms with Crippen molar-refractivity contribution in [2.75, 3.05) is 0 Å². The van der Waals surface area contributed by atoms with E-state index in [2.05, 4.69) is 43.8 Å². The molecule has 1 atom stereocenters. The van der Waals surface area contributed by atoms with E-state index in [-0.39, 0.29) is 0 Å². The zero-order chi connectivity index (χ0) is 9.26. The summed E-state index contributed by atoms with van der Waals surface area (Å²) < 4.78 is 0. The average molecular weight is 170 g/mol. The predicted octanol–water partition coefficient (Wildman–Crippen LogP) is 3.45. The van der Waals surface area contributed by atoms with E-state index >= 15 is 0 Å². The van der Waals surface area contributed by atoms with Gasteiger partial charge in [-0.2, -0.15) is 0 Å². The van der Waals surface area contributed by atoms with E-state index in [4.69, 9.17) is 0 Å². The van der Waals surface area contributed by atoms with Gasteiger partial charge in [-0.25, -0.2) is 0 Å². The number of hydrogen-bond acceptors (Lipinski definition) is 0. The molecule has 0 nitrogen and oxygen atoms in total. The Morgan fingerprint density at radius 3 is 2.92 bits per heavy atom. The molecule has 66 valence electrons. The Morgan fingerprint density at radius 2 is 2.15 bits per heavy atom. The van der Waals surface area contributed by atoms with Crippen LogP contribution in [0.4, 0.5) is 0 Å². The highest BCUT2D eigenvalue weighted by atomic mass is 14.2. The monoisotopic (exact) mass is 170 g/mol. The van der Waals surface area contributed by atoms with E-state index in [0.717, 1.165) is 6.42 Å². The molecule has 1 aliphatic rings. The molecule has 0 fully saturated rings. The quantitative estimate of drug-likeness (QED) is 0.596. The van der Waals surface area contributed by atoms with Crippen LogP contribution in [0, 0.1) is 5.92 Å². The van der Waals surface area contributed by atoms with Gasteiger partial charge in [-0.3, -0.25) is 0 Å². The van der Waals surface area contributed by atoms with Gasteiger partial charge in [-0.1, -0.05) is 43.3 Å². The molecule has 0 bridgehead atoms. The predicted molar refractivity (Wildman–Crippen MR) is 57.5 cm³/mol. The number of hydrogen-bond donors (Lipinski definition) is 0. The van der Waals surface area contributed by atoms with Crippen molar-refractivity contribution < 1.29 is 0 Å². The number of allylic oxidation sites excluding steroid dienone is 3. The van der Waals surface area contributed by atoms with Crippen LogP contribution in [-0.4, -0.2) is 0 Å². The third kappa shape index (κ3) is 1.33. The smallest absolute Gasteiger partial charge is 0.00101 e. The van der Waals surface area contributed by atoms with Crippen LogP contribution >= 0.6 is 0 Å². The Kier molecular flexibility index (Phi) is 2.05. The van der Waals surface area contributed by atoms with Gasteiger partial charge in [-0.15, -0.1) is 6.58 Å². The fourth-order valence-corrected chi connectivity index (χ4v) is 1.87. The molecule has 0 N–H and O–H groups in total. The highest BCUT2D eigenvalue weighted by Crippen LogP contribution is 2.32. The number of benzene rings is 1. The second-order valence-corrected chi connectivity index (χ2v) is 3.55. The zero-order valence-electron chi connectivity index (χ0n) is 7.96. The lowest BCUT2D eigenvalue weighted by molar-refractivity contribution is 0.971. The topological polar surface area (TPSA) is 0 Å². The first-order chi connectivity index (χ1) is 6.33. The molecule has 1 aliphatic carbocycles. The number of fused-ring (bicyclic) bond motifs is 1. The van der Waals surface area contributed by atoms with Crippen molar-refractivity contribution in [1.82, 2.24) is 0 Å². The molecule has 0 unspecified atom stereocenters. The Bertz CT molecular complexity index is 358. The van der Waals surface area contributed by atoms with Gasteiger partial charge >= 0.3 is 0 Å². The molecule has 13 heavy (non-hydrogen) atoms. The molecule has 0 heterocycles. The lowest BCUT2D eigenvalue weighted by atomic mass is 9.96. The molecule has 0 saturated carbocycles. The Labute approximate surface area is 79.6 Å². The lowest BCUT2D eigenvalue weighted by Gasteiger charge is -2.09. The first kappa shape index (κ1) is 8.31. The van der Waals surface area contributed by atoms with Gasteiger partial charge in [0.15, 0.2) is 0 Å². The molecule has 0 spiro atoms. The van der Waals surface area contributed by atoms with Crippen LogP contribution in [0.15, 0.2) is 43.0 Å². The van der Waals surface area contributed by atoms with Crippen LogP contribution in [-0.2, 0) is 6.42 Å². The molecule has 2 rings (SSSR count). The Morgan fingerprint density at radius 1 is 1.38 bits per heavy atom. The van der Waals surface area contributed by atoms with Crippen LogP contribution in [0.5, 0.6) is 0 Å². The summed E-state index contributed by atoms with van der Waals surface area (Å²) in [6.45, 7) is 6.03. The molecular formula is C13H14. The summed E-state index contributed by atoms with van der Waals surface area (Å²) in [6.07, 6.45) is 5.41. The minimum Gasteiger partial charge on any atom is -0.102 e. The van der Waals surface area contributed by atoms with Crippen molar-refractivity contribution in [1.29, 1.82) is 0 Å². The van der Waals surface area contributed by atoms with Gasteiger partial charge in [0.05, 0.1) is 0 Å². The standard InChI is InChI=1S/C13H14/c1-3-10(2)12-9-8-11-6-4-5-7-13(11)12/h3-7,9-10H,1,8H2,2H3/t10-/m1/s1. The maximum atomic E-state index is 3.84. The molecule has 0 radical (unpaired) electrons. The summed E-state index contributed by atoms with van der Waals surface area (Å²) >= 11 is 0. The normalized spacial score (nSPS) is 16.2. The SMILES string of the molecule is C=C[C@@H](C)C1=CCc2ccccc21. The van der Waals surface area contributed by atoms with Crippen LogP contribution in [0.2, 0.25) is 0 Å². The van der Waals surface area contributed by atoms with E-state index in [1.807, 2.05) is 6.08 Å². The summed E-state index contributed by atoms with van der Waals surface area (Å²) in [6, 6.07) is 8.62. The maximum absolute atomic E-state index is 3.84. The average Bonchev–Trinajstić information content (AvgIpc) is 2.60. The first-order valence-electron chi connectivity index (χ1n) is 4.74. The zero-order valence-corrected chi connectivity index (χ0v) is 7.96. The van der Waals surface area contributed by atoms with E-state index in [1.165, 1.54) is 16.7 Å². The first-order valence-corrected chi connectivity index (χ1v) is 4.74. The van der Waals surface area contributed by atoms with Crippen molar-refractivity contribution in [2.45, 2.75) is 13.3 Å². The molecule has 0 heteroatoms. The fraction of sp³-hybridized carbons (Fsp3) is 0.231. The highest BCUT2D eigenvalue weighted by molar-refractivity contribution is 5.75. The highest BCUT2D eigenvalue weighted by Gasteiger charge is 2.15. The second kappa shape index (κ2) is 3.21. The molecule has 1 aromatic rings. The molecule has 0 amide bonds. The van der Waals surface area contributed by atoms with Crippen LogP contribution in [0.25, 0.3) is 5.57 Å². The summed E-state index contributed by atoms with van der Waals surface area (Å²) in [4.78, 5) is 0. The van der Waals surface area contributed by atoms with Gasteiger partial charge in [0, 0.05) is 0 Å².